The van der Waals surface area contributed by atoms with Crippen LogP contribution in [0.3, 0.4) is 0 Å². The highest BCUT2D eigenvalue weighted by Crippen LogP contribution is 2.27. The number of benzene rings is 1. The second kappa shape index (κ2) is 8.96. The van der Waals surface area contributed by atoms with Gasteiger partial charge in [-0.1, -0.05) is 36.4 Å². The Kier molecular flexibility index (Phi) is 6.18. The van der Waals surface area contributed by atoms with Gasteiger partial charge in [0.15, 0.2) is 6.61 Å². The molecule has 2 heterocycles. The van der Waals surface area contributed by atoms with Gasteiger partial charge in [-0.15, -0.1) is 11.3 Å². The second-order valence-electron chi connectivity index (χ2n) is 5.87. The molecule has 0 aliphatic carbocycles. The maximum atomic E-state index is 12.5. The lowest BCUT2D eigenvalue weighted by molar-refractivity contribution is -0.127. The molecule has 0 radical (unpaired) electrons. The summed E-state index contributed by atoms with van der Waals surface area (Å²) >= 11 is 1.45. The van der Waals surface area contributed by atoms with E-state index in [9.17, 15) is 14.4 Å². The van der Waals surface area contributed by atoms with Gasteiger partial charge in [0.1, 0.15) is 11.3 Å². The number of carbonyl (C=O) groups excluding carboxylic acids is 3. The fourth-order valence-electron chi connectivity index (χ4n) is 2.46. The number of nitrogens with zero attached hydrogens (tertiary/aromatic N) is 2. The van der Waals surface area contributed by atoms with E-state index in [0.29, 0.717) is 12.2 Å². The molecule has 0 aliphatic heterocycles. The molecule has 0 atom stereocenters. The smallest absolute Gasteiger partial charge is 0.342 e. The molecule has 3 N–H and O–H groups in total. The number of carbonyl (C=O) groups is 3. The molecule has 28 heavy (non-hydrogen) atoms. The maximum Gasteiger partial charge on any atom is 0.342 e. The summed E-state index contributed by atoms with van der Waals surface area (Å²) in [5.74, 6) is -1.96. The van der Waals surface area contributed by atoms with E-state index < -0.39 is 24.4 Å². The third-order valence-corrected chi connectivity index (χ3v) is 4.59. The molecule has 3 aromatic rings. The zero-order chi connectivity index (χ0) is 19.9. The van der Waals surface area contributed by atoms with E-state index in [1.54, 1.807) is 10.9 Å². The highest BCUT2D eigenvalue weighted by atomic mass is 32.1. The number of hydrogen-bond donors (Lipinski definition) is 2. The Morgan fingerprint density at radius 2 is 1.93 bits per heavy atom. The summed E-state index contributed by atoms with van der Waals surface area (Å²) < 4.78 is 6.73. The number of primary amides is 1. The third-order valence-electron chi connectivity index (χ3n) is 3.72. The molecule has 3 rings (SSSR count). The predicted octanol–water partition coefficient (Wildman–Crippen LogP) is 1.42. The summed E-state index contributed by atoms with van der Waals surface area (Å²) in [5.41, 5.74) is 6.75. The van der Waals surface area contributed by atoms with Gasteiger partial charge in [0.2, 0.25) is 5.91 Å². The molecule has 1 aromatic carbocycles. The maximum absolute atomic E-state index is 12.5. The summed E-state index contributed by atoms with van der Waals surface area (Å²) in [7, 11) is 0. The minimum absolute atomic E-state index is 0.265. The van der Waals surface area contributed by atoms with Crippen LogP contribution < -0.4 is 11.1 Å². The van der Waals surface area contributed by atoms with Gasteiger partial charge < -0.3 is 15.8 Å². The molecule has 0 aliphatic rings. The summed E-state index contributed by atoms with van der Waals surface area (Å²) in [6.07, 6.45) is 1.60. The molecule has 0 unspecified atom stereocenters. The third kappa shape index (κ3) is 5.04. The number of esters is 1. The highest BCUT2D eigenvalue weighted by molar-refractivity contribution is 7.13. The van der Waals surface area contributed by atoms with Gasteiger partial charge in [0.25, 0.3) is 5.91 Å². The largest absolute Gasteiger partial charge is 0.452 e. The average molecular weight is 398 g/mol. The zero-order valence-electron chi connectivity index (χ0n) is 14.8. The van der Waals surface area contributed by atoms with Gasteiger partial charge >= 0.3 is 5.97 Å². The van der Waals surface area contributed by atoms with Gasteiger partial charge in [0, 0.05) is 6.20 Å². The van der Waals surface area contributed by atoms with Crippen molar-refractivity contribution in [2.24, 2.45) is 5.73 Å². The summed E-state index contributed by atoms with van der Waals surface area (Å²) in [6.45, 7) is -0.336. The Hall–Kier alpha value is -3.46. The van der Waals surface area contributed by atoms with Crippen LogP contribution in [0.2, 0.25) is 0 Å². The number of nitrogens with one attached hydrogen (secondary N) is 1. The van der Waals surface area contributed by atoms with Crippen molar-refractivity contribution in [2.75, 3.05) is 13.2 Å². The number of amides is 2. The molecule has 0 saturated heterocycles. The minimum Gasteiger partial charge on any atom is -0.452 e. The fourth-order valence-corrected chi connectivity index (χ4v) is 3.19. The van der Waals surface area contributed by atoms with Crippen molar-refractivity contribution in [1.29, 1.82) is 0 Å². The number of aromatic nitrogens is 2. The first-order valence-corrected chi connectivity index (χ1v) is 9.28. The quantitative estimate of drug-likeness (QED) is 0.557. The summed E-state index contributed by atoms with van der Waals surface area (Å²) in [4.78, 5) is 35.7. The van der Waals surface area contributed by atoms with E-state index in [2.05, 4.69) is 10.4 Å². The molecule has 9 heteroatoms. The average Bonchev–Trinajstić information content (AvgIpc) is 3.35. The number of hydrogen-bond acceptors (Lipinski definition) is 6. The van der Waals surface area contributed by atoms with E-state index in [4.69, 9.17) is 10.5 Å². The molecule has 0 saturated carbocycles. The van der Waals surface area contributed by atoms with Crippen molar-refractivity contribution in [3.8, 4) is 10.6 Å². The summed E-state index contributed by atoms with van der Waals surface area (Å²) in [6, 6.07) is 13.4. The molecule has 2 aromatic heterocycles. The lowest BCUT2D eigenvalue weighted by atomic mass is 10.2. The fraction of sp³-hybridized carbons (Fsp3) is 0.158. The van der Waals surface area contributed by atoms with Crippen molar-refractivity contribution in [3.63, 3.8) is 0 Å². The number of rotatable bonds is 8. The van der Waals surface area contributed by atoms with Gasteiger partial charge in [-0.3, -0.25) is 14.3 Å². The van der Waals surface area contributed by atoms with Crippen molar-refractivity contribution in [2.45, 2.75) is 6.54 Å². The Balaban J connectivity index is 1.75. The van der Waals surface area contributed by atoms with Gasteiger partial charge in [-0.25, -0.2) is 4.79 Å². The lowest BCUT2D eigenvalue weighted by Crippen LogP contribution is -2.36. The van der Waals surface area contributed by atoms with Crippen LogP contribution in [-0.2, 0) is 20.9 Å². The number of nitrogens with two attached hydrogens (primary N) is 1. The van der Waals surface area contributed by atoms with E-state index in [-0.39, 0.29) is 12.1 Å². The first-order chi connectivity index (χ1) is 13.5. The predicted molar refractivity (Wildman–Crippen MR) is 104 cm³/mol. The lowest BCUT2D eigenvalue weighted by Gasteiger charge is -2.04. The van der Waals surface area contributed by atoms with Crippen molar-refractivity contribution >= 4 is 29.1 Å². The standard InChI is InChI=1S/C19H18N4O4S/c20-16(24)9-21-17(25)12-27-19(26)14-11-23(10-13-5-2-1-3-6-13)22-18(14)15-7-4-8-28-15/h1-8,11H,9-10,12H2,(H2,20,24)(H,21,25). The molecule has 2 amide bonds. The SMILES string of the molecule is NC(=O)CNC(=O)COC(=O)c1cn(Cc2ccccc2)nc1-c1cccs1. The Bertz CT molecular complexity index is 967. The molecule has 0 spiro atoms. The van der Waals surface area contributed by atoms with Gasteiger partial charge in [0.05, 0.1) is 18.0 Å². The van der Waals surface area contributed by atoms with E-state index in [1.807, 2.05) is 47.8 Å². The Morgan fingerprint density at radius 1 is 1.14 bits per heavy atom. The van der Waals surface area contributed by atoms with E-state index in [1.165, 1.54) is 11.3 Å². The number of ether oxygens (including phenoxy) is 1. The van der Waals surface area contributed by atoms with Crippen LogP contribution in [0.4, 0.5) is 0 Å². The normalized spacial score (nSPS) is 10.4. The Labute approximate surface area is 164 Å². The van der Waals surface area contributed by atoms with Gasteiger partial charge in [-0.05, 0) is 17.0 Å². The second-order valence-corrected chi connectivity index (χ2v) is 6.82. The van der Waals surface area contributed by atoms with Crippen molar-refractivity contribution in [3.05, 3.63) is 65.2 Å². The molecule has 8 nitrogen and oxygen atoms in total. The first kappa shape index (κ1) is 19.3. The van der Waals surface area contributed by atoms with E-state index >= 15 is 0 Å². The zero-order valence-corrected chi connectivity index (χ0v) is 15.6. The topological polar surface area (TPSA) is 116 Å². The monoisotopic (exact) mass is 398 g/mol. The van der Waals surface area contributed by atoms with Crippen molar-refractivity contribution in [1.82, 2.24) is 15.1 Å². The van der Waals surface area contributed by atoms with E-state index in [0.717, 1.165) is 10.4 Å². The van der Waals surface area contributed by atoms with Gasteiger partial charge in [-0.2, -0.15) is 5.10 Å². The Morgan fingerprint density at radius 3 is 2.61 bits per heavy atom. The van der Waals surface area contributed by atoms with Crippen LogP contribution in [-0.4, -0.2) is 40.7 Å². The van der Waals surface area contributed by atoms with Crippen LogP contribution in [0.25, 0.3) is 10.6 Å². The first-order valence-electron chi connectivity index (χ1n) is 8.40. The molecular weight excluding hydrogens is 380 g/mol. The van der Waals surface area contributed by atoms with Crippen LogP contribution in [0.1, 0.15) is 15.9 Å². The molecular formula is C19H18N4O4S. The van der Waals surface area contributed by atoms with Crippen LogP contribution in [0.5, 0.6) is 0 Å². The summed E-state index contributed by atoms with van der Waals surface area (Å²) in [5, 5.41) is 8.67. The highest BCUT2D eigenvalue weighted by Gasteiger charge is 2.21. The van der Waals surface area contributed by atoms with Crippen LogP contribution in [0, 0.1) is 0 Å². The molecule has 144 valence electrons. The molecule has 0 fully saturated rings. The molecule has 0 bridgehead atoms. The minimum atomic E-state index is -0.679. The van der Waals surface area contributed by atoms with Crippen molar-refractivity contribution < 1.29 is 19.1 Å². The van der Waals surface area contributed by atoms with Crippen LogP contribution in [0.15, 0.2) is 54.0 Å². The van der Waals surface area contributed by atoms with Crippen LogP contribution >= 0.6 is 11.3 Å². The number of thiophene rings is 1.